The number of hydrogen-bond acceptors (Lipinski definition) is 3. The lowest BCUT2D eigenvalue weighted by atomic mass is 9.78. The smallest absolute Gasteiger partial charge is 0.183 e. The minimum absolute atomic E-state index is 0.140. The maximum Gasteiger partial charge on any atom is 0.183 e. The largest absolute Gasteiger partial charge is 0.507 e. The molecule has 1 aromatic rings. The molecule has 1 aliphatic rings. The van der Waals surface area contributed by atoms with E-state index in [1.165, 1.54) is 19.3 Å². The molecule has 0 bridgehead atoms. The lowest BCUT2D eigenvalue weighted by Crippen LogP contribution is -2.28. The third-order valence-electron chi connectivity index (χ3n) is 4.95. The van der Waals surface area contributed by atoms with Crippen LogP contribution in [0.2, 0.25) is 0 Å². The van der Waals surface area contributed by atoms with Crippen molar-refractivity contribution < 1.29 is 14.6 Å². The fourth-order valence-corrected chi connectivity index (χ4v) is 3.33. The average molecular weight is 349 g/mol. The van der Waals surface area contributed by atoms with Gasteiger partial charge in [-0.15, -0.1) is 0 Å². The first-order chi connectivity index (χ1) is 11.5. The minimum atomic E-state index is -0.333. The molecule has 1 aromatic carbocycles. The number of rotatable bonds is 4. The van der Waals surface area contributed by atoms with Crippen molar-refractivity contribution in [1.82, 2.24) is 0 Å². The van der Waals surface area contributed by atoms with Gasteiger partial charge in [-0.2, -0.15) is 0 Å². The van der Waals surface area contributed by atoms with Crippen molar-refractivity contribution in [3.63, 3.8) is 0 Å². The molecule has 1 N–H and O–H groups in total. The average Bonchev–Trinajstić information content (AvgIpc) is 2.51. The number of phenolic OH excluding ortho intramolecular Hbond substituents is 1. The van der Waals surface area contributed by atoms with Gasteiger partial charge in [0.1, 0.15) is 5.75 Å². The molecule has 0 radical (unpaired) electrons. The van der Waals surface area contributed by atoms with Crippen LogP contribution in [0.1, 0.15) is 90.7 Å². The van der Waals surface area contributed by atoms with Crippen LogP contribution in [0.15, 0.2) is 12.1 Å². The Morgan fingerprint density at radius 2 is 1.44 bits per heavy atom. The molecule has 0 aromatic heterocycles. The second-order valence-corrected chi connectivity index (χ2v) is 9.47. The van der Waals surface area contributed by atoms with Crippen LogP contribution in [0.3, 0.4) is 0 Å². The maximum atomic E-state index is 10.8. The minimum Gasteiger partial charge on any atom is -0.507 e. The van der Waals surface area contributed by atoms with E-state index in [0.29, 0.717) is 11.7 Å². The van der Waals surface area contributed by atoms with Gasteiger partial charge in [0.2, 0.25) is 0 Å². The summed E-state index contributed by atoms with van der Waals surface area (Å²) in [6, 6.07) is 4.11. The highest BCUT2D eigenvalue weighted by Crippen LogP contribution is 2.42. The van der Waals surface area contributed by atoms with Crippen LogP contribution in [0.25, 0.3) is 0 Å². The molecule has 0 aliphatic carbocycles. The lowest BCUT2D eigenvalue weighted by molar-refractivity contribution is -0.206. The van der Waals surface area contributed by atoms with Crippen LogP contribution >= 0.6 is 0 Å². The quantitative estimate of drug-likeness (QED) is 0.743. The van der Waals surface area contributed by atoms with Crippen molar-refractivity contribution in [2.75, 3.05) is 13.2 Å². The normalized spacial score (nSPS) is 22.2. The molecule has 0 amide bonds. The number of aromatic hydroxyl groups is 1. The molecule has 1 heterocycles. The van der Waals surface area contributed by atoms with Gasteiger partial charge in [0.15, 0.2) is 6.29 Å². The Bertz CT molecular complexity index is 535. The number of phenols is 1. The Kier molecular flexibility index (Phi) is 6.22. The first kappa shape index (κ1) is 20.3. The fraction of sp³-hybridized carbons (Fsp3) is 0.727. The molecular weight excluding hydrogens is 312 g/mol. The second-order valence-electron chi connectivity index (χ2n) is 9.47. The van der Waals surface area contributed by atoms with Crippen molar-refractivity contribution in [1.29, 1.82) is 0 Å². The van der Waals surface area contributed by atoms with Crippen LogP contribution in [0.4, 0.5) is 0 Å². The van der Waals surface area contributed by atoms with Gasteiger partial charge in [0, 0.05) is 11.5 Å². The molecule has 0 spiro atoms. The number of unbranched alkanes of at least 4 members (excludes halogenated alkanes) is 1. The van der Waals surface area contributed by atoms with Gasteiger partial charge in [0.05, 0.1) is 13.2 Å². The Labute approximate surface area is 153 Å². The van der Waals surface area contributed by atoms with Crippen molar-refractivity contribution in [3.8, 4) is 5.75 Å². The van der Waals surface area contributed by atoms with Gasteiger partial charge >= 0.3 is 0 Å². The monoisotopic (exact) mass is 348 g/mol. The Morgan fingerprint density at radius 3 is 1.84 bits per heavy atom. The Balaban J connectivity index is 2.30. The summed E-state index contributed by atoms with van der Waals surface area (Å²) < 4.78 is 12.1. The molecule has 3 heteroatoms. The number of hydrogen-bond donors (Lipinski definition) is 1. The SMILES string of the molecule is CCCCC1COC(c2cc(C(C)(C)C)c(O)c(C(C)(C)C)c2)OC1. The maximum absolute atomic E-state index is 10.8. The third-order valence-corrected chi connectivity index (χ3v) is 4.95. The molecule has 1 saturated heterocycles. The molecule has 3 nitrogen and oxygen atoms in total. The van der Waals surface area contributed by atoms with Gasteiger partial charge in [-0.3, -0.25) is 0 Å². The molecule has 25 heavy (non-hydrogen) atoms. The van der Waals surface area contributed by atoms with Gasteiger partial charge in [0.25, 0.3) is 0 Å². The molecule has 1 aliphatic heterocycles. The van der Waals surface area contributed by atoms with Gasteiger partial charge in [-0.1, -0.05) is 61.3 Å². The zero-order valence-electron chi connectivity index (χ0n) is 17.1. The predicted molar refractivity (Wildman–Crippen MR) is 103 cm³/mol. The molecule has 0 atom stereocenters. The Morgan fingerprint density at radius 1 is 0.960 bits per heavy atom. The number of ether oxygens (including phenoxy) is 2. The zero-order chi connectivity index (χ0) is 18.8. The summed E-state index contributed by atoms with van der Waals surface area (Å²) in [6.07, 6.45) is 3.27. The third kappa shape index (κ3) is 4.98. The van der Waals surface area contributed by atoms with Gasteiger partial charge in [-0.05, 0) is 40.5 Å². The summed E-state index contributed by atoms with van der Waals surface area (Å²) in [4.78, 5) is 0. The van der Waals surface area contributed by atoms with E-state index in [4.69, 9.17) is 9.47 Å². The van der Waals surface area contributed by atoms with Crippen molar-refractivity contribution in [2.24, 2.45) is 5.92 Å². The van der Waals surface area contributed by atoms with E-state index in [0.717, 1.165) is 29.9 Å². The molecule has 0 saturated carbocycles. The van der Waals surface area contributed by atoms with E-state index in [9.17, 15) is 5.11 Å². The summed E-state index contributed by atoms with van der Waals surface area (Å²) in [7, 11) is 0. The zero-order valence-corrected chi connectivity index (χ0v) is 17.1. The van der Waals surface area contributed by atoms with Crippen LogP contribution in [0.5, 0.6) is 5.75 Å². The summed E-state index contributed by atoms with van der Waals surface area (Å²) in [5.41, 5.74) is 2.64. The van der Waals surface area contributed by atoms with E-state index in [2.05, 4.69) is 60.6 Å². The van der Waals surface area contributed by atoms with E-state index >= 15 is 0 Å². The van der Waals surface area contributed by atoms with E-state index in [1.807, 2.05) is 0 Å². The number of benzene rings is 1. The van der Waals surface area contributed by atoms with Crippen molar-refractivity contribution in [2.45, 2.75) is 84.8 Å². The summed E-state index contributed by atoms with van der Waals surface area (Å²) in [5, 5.41) is 10.8. The Hall–Kier alpha value is -1.06. The fourth-order valence-electron chi connectivity index (χ4n) is 3.33. The highest BCUT2D eigenvalue weighted by Gasteiger charge is 2.30. The molecule has 0 unspecified atom stereocenters. The molecule has 1 fully saturated rings. The van der Waals surface area contributed by atoms with Crippen LogP contribution in [0, 0.1) is 5.92 Å². The first-order valence-corrected chi connectivity index (χ1v) is 9.65. The molecule has 2 rings (SSSR count). The highest BCUT2D eigenvalue weighted by atomic mass is 16.7. The van der Waals surface area contributed by atoms with Crippen LogP contribution in [-0.4, -0.2) is 18.3 Å². The molecular formula is C22H36O3. The van der Waals surface area contributed by atoms with E-state index in [-0.39, 0.29) is 17.1 Å². The summed E-state index contributed by atoms with van der Waals surface area (Å²) in [6.45, 7) is 16.5. The van der Waals surface area contributed by atoms with E-state index in [1.54, 1.807) is 0 Å². The van der Waals surface area contributed by atoms with Gasteiger partial charge < -0.3 is 14.6 Å². The standard InChI is InChI=1S/C22H36O3/c1-8-9-10-15-13-24-20(25-14-15)16-11-17(21(2,3)4)19(23)18(12-16)22(5,6)7/h11-12,15,20,23H,8-10,13-14H2,1-7H3. The highest BCUT2D eigenvalue weighted by molar-refractivity contribution is 5.50. The van der Waals surface area contributed by atoms with Crippen LogP contribution < -0.4 is 0 Å². The predicted octanol–water partition coefficient (Wildman–Crippen LogP) is 5.84. The summed E-state index contributed by atoms with van der Waals surface area (Å²) in [5.74, 6) is 0.901. The van der Waals surface area contributed by atoms with Gasteiger partial charge in [-0.25, -0.2) is 0 Å². The topological polar surface area (TPSA) is 38.7 Å². The molecule has 142 valence electrons. The van der Waals surface area contributed by atoms with Crippen LogP contribution in [-0.2, 0) is 20.3 Å². The first-order valence-electron chi connectivity index (χ1n) is 9.65. The van der Waals surface area contributed by atoms with Crippen molar-refractivity contribution in [3.05, 3.63) is 28.8 Å². The lowest BCUT2D eigenvalue weighted by Gasteiger charge is -2.33. The summed E-state index contributed by atoms with van der Waals surface area (Å²) >= 11 is 0. The van der Waals surface area contributed by atoms with Crippen molar-refractivity contribution >= 4 is 0 Å². The van der Waals surface area contributed by atoms with E-state index < -0.39 is 0 Å². The second kappa shape index (κ2) is 7.67.